The Morgan fingerprint density at radius 2 is 0.532 bits per heavy atom. The molecule has 0 N–H and O–H groups in total. The number of fused-ring (bicyclic) bond motifs is 3. The molecule has 2 heteroatoms. The first kappa shape index (κ1) is 36.8. The van der Waals surface area contributed by atoms with Crippen molar-refractivity contribution in [2.24, 2.45) is 0 Å². The van der Waals surface area contributed by atoms with Gasteiger partial charge in [-0.1, -0.05) is 188 Å². The van der Waals surface area contributed by atoms with Crippen LogP contribution in [0.2, 0.25) is 0 Å². The number of anilines is 3. The van der Waals surface area contributed by atoms with Crippen LogP contribution in [0.5, 0.6) is 0 Å². The largest absolute Gasteiger partial charge is 0.456 e. The van der Waals surface area contributed by atoms with E-state index in [1.54, 1.807) is 0 Å². The van der Waals surface area contributed by atoms with Crippen molar-refractivity contribution < 1.29 is 4.42 Å². The Bertz CT molecular complexity index is 3120. The predicted octanol–water partition coefficient (Wildman–Crippen LogP) is 17.1. The Morgan fingerprint density at radius 3 is 0.984 bits per heavy atom. The van der Waals surface area contributed by atoms with Gasteiger partial charge >= 0.3 is 0 Å². The average molecular weight is 792 g/mol. The second kappa shape index (κ2) is 16.1. The van der Waals surface area contributed by atoms with E-state index in [1.807, 2.05) is 12.1 Å². The van der Waals surface area contributed by atoms with Gasteiger partial charge in [0.1, 0.15) is 11.2 Å². The van der Waals surface area contributed by atoms with Crippen LogP contribution in [-0.4, -0.2) is 0 Å². The minimum absolute atomic E-state index is 0.865. The smallest absolute Gasteiger partial charge is 0.137 e. The molecular weight excluding hydrogens is 751 g/mol. The lowest BCUT2D eigenvalue weighted by atomic mass is 9.96. The first-order valence-electron chi connectivity index (χ1n) is 21.1. The molecule has 0 radical (unpaired) electrons. The van der Waals surface area contributed by atoms with E-state index in [0.29, 0.717) is 0 Å². The van der Waals surface area contributed by atoms with Crippen LogP contribution in [0.25, 0.3) is 88.7 Å². The van der Waals surface area contributed by atoms with Crippen molar-refractivity contribution in [2.75, 3.05) is 4.90 Å². The van der Waals surface area contributed by atoms with Crippen molar-refractivity contribution >= 4 is 39.0 Å². The van der Waals surface area contributed by atoms with Gasteiger partial charge in [0.25, 0.3) is 0 Å². The van der Waals surface area contributed by atoms with E-state index in [2.05, 4.69) is 241 Å². The standard InChI is InChI=1S/C60H41NO/c1-3-11-42(12-4-1)44-21-25-46(26-22-44)50-15-9-17-52(39-50)48-29-33-54(34-30-48)61(56-37-38-58-57-19-7-8-20-59(57)62-60(58)41-56)55-35-31-49(32-36-55)53-18-10-16-51(40-53)47-27-23-45(24-28-47)43-13-5-2-6-14-43/h1-41H. The summed E-state index contributed by atoms with van der Waals surface area (Å²) in [5.74, 6) is 0. The van der Waals surface area contributed by atoms with E-state index in [4.69, 9.17) is 4.42 Å². The SMILES string of the molecule is c1ccc(-c2ccc(-c3cccc(-c4ccc(N(c5ccc(-c6cccc(-c7ccc(-c8ccccc8)cc7)c6)cc5)c5ccc6c(c5)oc5ccccc56)cc4)c3)cc2)cc1. The summed E-state index contributed by atoms with van der Waals surface area (Å²) >= 11 is 0. The van der Waals surface area contributed by atoms with E-state index in [-0.39, 0.29) is 0 Å². The van der Waals surface area contributed by atoms with Crippen LogP contribution in [0.15, 0.2) is 253 Å². The Balaban J connectivity index is 0.909. The van der Waals surface area contributed by atoms with Crippen LogP contribution in [0.1, 0.15) is 0 Å². The Morgan fingerprint density at radius 1 is 0.210 bits per heavy atom. The zero-order valence-electron chi connectivity index (χ0n) is 34.0. The number of furan rings is 1. The van der Waals surface area contributed by atoms with Gasteiger partial charge in [0, 0.05) is 33.9 Å². The second-order valence-electron chi connectivity index (χ2n) is 15.8. The third-order valence-corrected chi connectivity index (χ3v) is 11.9. The molecule has 0 aliphatic rings. The van der Waals surface area contributed by atoms with Crippen molar-refractivity contribution in [3.63, 3.8) is 0 Å². The van der Waals surface area contributed by atoms with Crippen molar-refractivity contribution in [1.82, 2.24) is 0 Å². The lowest BCUT2D eigenvalue weighted by Crippen LogP contribution is -2.09. The van der Waals surface area contributed by atoms with Gasteiger partial charge in [-0.05, 0) is 121 Å². The summed E-state index contributed by atoms with van der Waals surface area (Å²) < 4.78 is 6.40. The number of hydrogen-bond donors (Lipinski definition) is 0. The van der Waals surface area contributed by atoms with E-state index in [0.717, 1.165) is 50.1 Å². The van der Waals surface area contributed by atoms with Crippen LogP contribution < -0.4 is 4.90 Å². The van der Waals surface area contributed by atoms with Gasteiger partial charge in [-0.3, -0.25) is 0 Å². The Labute approximate surface area is 362 Å². The van der Waals surface area contributed by atoms with Gasteiger partial charge in [0.05, 0.1) is 0 Å². The van der Waals surface area contributed by atoms with Gasteiger partial charge in [0.15, 0.2) is 0 Å². The van der Waals surface area contributed by atoms with Gasteiger partial charge in [-0.2, -0.15) is 0 Å². The van der Waals surface area contributed by atoms with Crippen molar-refractivity contribution in [1.29, 1.82) is 0 Å². The molecule has 292 valence electrons. The third-order valence-electron chi connectivity index (χ3n) is 11.9. The predicted molar refractivity (Wildman–Crippen MR) is 261 cm³/mol. The fourth-order valence-corrected chi connectivity index (χ4v) is 8.63. The Kier molecular flexibility index (Phi) is 9.57. The quantitative estimate of drug-likeness (QED) is 0.145. The molecular formula is C60H41NO. The maximum Gasteiger partial charge on any atom is 0.137 e. The molecule has 0 bridgehead atoms. The summed E-state index contributed by atoms with van der Waals surface area (Å²) in [6, 6.07) is 89.0. The zero-order valence-corrected chi connectivity index (χ0v) is 34.0. The zero-order chi connectivity index (χ0) is 41.2. The fraction of sp³-hybridized carbons (Fsp3) is 0. The number of para-hydroxylation sites is 1. The van der Waals surface area contributed by atoms with Crippen molar-refractivity contribution in [3.8, 4) is 66.8 Å². The topological polar surface area (TPSA) is 16.4 Å². The average Bonchev–Trinajstić information content (AvgIpc) is 3.73. The lowest BCUT2D eigenvalue weighted by Gasteiger charge is -2.26. The second-order valence-corrected chi connectivity index (χ2v) is 15.8. The summed E-state index contributed by atoms with van der Waals surface area (Å²) in [7, 11) is 0. The molecule has 0 aliphatic heterocycles. The molecule has 2 nitrogen and oxygen atoms in total. The highest BCUT2D eigenvalue weighted by molar-refractivity contribution is 6.06. The van der Waals surface area contributed by atoms with Gasteiger partial charge in [0.2, 0.25) is 0 Å². The van der Waals surface area contributed by atoms with Crippen LogP contribution >= 0.6 is 0 Å². The molecule has 11 rings (SSSR count). The van der Waals surface area contributed by atoms with Crippen LogP contribution in [0.3, 0.4) is 0 Å². The maximum absolute atomic E-state index is 6.40. The number of hydrogen-bond acceptors (Lipinski definition) is 2. The summed E-state index contributed by atoms with van der Waals surface area (Å²) in [6.45, 7) is 0. The molecule has 0 saturated heterocycles. The summed E-state index contributed by atoms with van der Waals surface area (Å²) in [5, 5.41) is 2.23. The first-order valence-corrected chi connectivity index (χ1v) is 21.1. The van der Waals surface area contributed by atoms with E-state index >= 15 is 0 Å². The van der Waals surface area contributed by atoms with Crippen LogP contribution in [-0.2, 0) is 0 Å². The highest BCUT2D eigenvalue weighted by Gasteiger charge is 2.17. The normalized spacial score (nSPS) is 11.2. The monoisotopic (exact) mass is 791 g/mol. The van der Waals surface area contributed by atoms with Crippen molar-refractivity contribution in [2.45, 2.75) is 0 Å². The molecule has 0 atom stereocenters. The molecule has 0 fully saturated rings. The maximum atomic E-state index is 6.40. The number of benzene rings is 10. The summed E-state index contributed by atoms with van der Waals surface area (Å²) in [5.41, 5.74) is 19.2. The third kappa shape index (κ3) is 7.25. The molecule has 11 aromatic rings. The van der Waals surface area contributed by atoms with Crippen LogP contribution in [0.4, 0.5) is 17.1 Å². The van der Waals surface area contributed by atoms with Crippen LogP contribution in [0, 0.1) is 0 Å². The molecule has 0 saturated carbocycles. The van der Waals surface area contributed by atoms with E-state index in [1.165, 1.54) is 55.6 Å². The molecule has 0 spiro atoms. The molecule has 1 aromatic heterocycles. The summed E-state index contributed by atoms with van der Waals surface area (Å²) in [6.07, 6.45) is 0. The summed E-state index contributed by atoms with van der Waals surface area (Å²) in [4.78, 5) is 2.32. The highest BCUT2D eigenvalue weighted by atomic mass is 16.3. The fourth-order valence-electron chi connectivity index (χ4n) is 8.63. The minimum Gasteiger partial charge on any atom is -0.456 e. The minimum atomic E-state index is 0.865. The number of rotatable bonds is 9. The van der Waals surface area contributed by atoms with E-state index < -0.39 is 0 Å². The van der Waals surface area contributed by atoms with Gasteiger partial charge in [-0.15, -0.1) is 0 Å². The van der Waals surface area contributed by atoms with E-state index in [9.17, 15) is 0 Å². The first-order chi connectivity index (χ1) is 30.7. The molecule has 0 aliphatic carbocycles. The molecule has 1 heterocycles. The van der Waals surface area contributed by atoms with Crippen molar-refractivity contribution in [3.05, 3.63) is 249 Å². The lowest BCUT2D eigenvalue weighted by molar-refractivity contribution is 0.669. The molecule has 0 unspecified atom stereocenters. The molecule has 10 aromatic carbocycles. The Hall–Kier alpha value is -8.20. The molecule has 0 amide bonds. The van der Waals surface area contributed by atoms with Gasteiger partial charge in [-0.25, -0.2) is 0 Å². The van der Waals surface area contributed by atoms with Gasteiger partial charge < -0.3 is 9.32 Å². The molecule has 62 heavy (non-hydrogen) atoms. The highest BCUT2D eigenvalue weighted by Crippen LogP contribution is 2.40. The number of nitrogens with zero attached hydrogens (tertiary/aromatic N) is 1.